The molecule has 2 aliphatic heterocycles. The molecule has 10 heteroatoms. The van der Waals surface area contributed by atoms with E-state index in [1.807, 2.05) is 18.2 Å². The molecule has 0 saturated carbocycles. The number of carbonyl (C=O) groups is 2. The molecule has 9 nitrogen and oxygen atoms in total. The van der Waals surface area contributed by atoms with Gasteiger partial charge in [-0.15, -0.1) is 0 Å². The molecule has 2 amide bonds. The lowest BCUT2D eigenvalue weighted by molar-refractivity contribution is -0.117. The summed E-state index contributed by atoms with van der Waals surface area (Å²) in [5.41, 5.74) is 1.65. The number of rotatable bonds is 7. The highest BCUT2D eigenvalue weighted by molar-refractivity contribution is 7.89. The molecular weight excluding hydrogens is 454 g/mol. The van der Waals surface area contributed by atoms with Crippen LogP contribution >= 0.6 is 0 Å². The summed E-state index contributed by atoms with van der Waals surface area (Å²) in [6, 6.07) is 15.4. The summed E-state index contributed by atoms with van der Waals surface area (Å²) >= 11 is 0. The van der Waals surface area contributed by atoms with Gasteiger partial charge in [-0.1, -0.05) is 12.1 Å². The Morgan fingerprint density at radius 3 is 2.35 bits per heavy atom. The van der Waals surface area contributed by atoms with Crippen LogP contribution in [0, 0.1) is 11.3 Å². The molecule has 0 aromatic heterocycles. The first-order valence-corrected chi connectivity index (χ1v) is 12.7. The molecular formula is C24H27N5O4S. The van der Waals surface area contributed by atoms with Crippen LogP contribution in [0.25, 0.3) is 0 Å². The van der Waals surface area contributed by atoms with Crippen molar-refractivity contribution < 1.29 is 18.0 Å². The van der Waals surface area contributed by atoms with Crippen molar-refractivity contribution in [1.29, 1.82) is 5.26 Å². The van der Waals surface area contributed by atoms with Crippen LogP contribution < -0.4 is 10.2 Å². The average molecular weight is 482 g/mol. The molecule has 2 heterocycles. The maximum absolute atomic E-state index is 12.9. The van der Waals surface area contributed by atoms with Crippen molar-refractivity contribution in [1.82, 2.24) is 9.21 Å². The molecule has 2 aromatic rings. The van der Waals surface area contributed by atoms with E-state index >= 15 is 0 Å². The molecule has 2 fully saturated rings. The third kappa shape index (κ3) is 5.28. The molecule has 0 atom stereocenters. The number of nitrogens with zero attached hydrogens (tertiary/aromatic N) is 4. The fraction of sp³-hybridized carbons (Fsp3) is 0.375. The predicted octanol–water partition coefficient (Wildman–Crippen LogP) is 2.02. The Morgan fingerprint density at radius 2 is 1.71 bits per heavy atom. The second kappa shape index (κ2) is 10.3. The van der Waals surface area contributed by atoms with E-state index in [0.29, 0.717) is 44.8 Å². The number of piperazine rings is 1. The number of carbonyl (C=O) groups excluding carboxylic acids is 2. The Balaban J connectivity index is 1.24. The smallest absolute Gasteiger partial charge is 0.244 e. The quantitative estimate of drug-likeness (QED) is 0.647. The topological polar surface area (TPSA) is 114 Å². The maximum atomic E-state index is 12.9. The Labute approximate surface area is 199 Å². The van der Waals surface area contributed by atoms with E-state index in [0.717, 1.165) is 18.7 Å². The summed E-state index contributed by atoms with van der Waals surface area (Å²) in [7, 11) is -3.73. The summed E-state index contributed by atoms with van der Waals surface area (Å²) in [6.07, 6.45) is 1.73. The number of anilines is 2. The SMILES string of the molecule is N#Cc1ccccc1S(=O)(=O)N1CCN(CCC(=O)Nc2ccc(N3CCCC3=O)cc2)CC1. The lowest BCUT2D eigenvalue weighted by atomic mass is 10.2. The van der Waals surface area contributed by atoms with Crippen molar-refractivity contribution >= 4 is 33.2 Å². The first-order valence-electron chi connectivity index (χ1n) is 11.3. The molecule has 4 rings (SSSR count). The third-order valence-corrected chi connectivity index (χ3v) is 8.10. The largest absolute Gasteiger partial charge is 0.326 e. The van der Waals surface area contributed by atoms with Crippen LogP contribution in [0.15, 0.2) is 53.4 Å². The molecule has 0 spiro atoms. The molecule has 0 unspecified atom stereocenters. The lowest BCUT2D eigenvalue weighted by Gasteiger charge is -2.33. The number of hydrogen-bond donors (Lipinski definition) is 1. The van der Waals surface area contributed by atoms with Crippen LogP contribution in [0.1, 0.15) is 24.8 Å². The van der Waals surface area contributed by atoms with E-state index in [4.69, 9.17) is 0 Å². The maximum Gasteiger partial charge on any atom is 0.244 e. The van der Waals surface area contributed by atoms with Crippen molar-refractivity contribution in [2.45, 2.75) is 24.2 Å². The number of hydrogen-bond acceptors (Lipinski definition) is 6. The highest BCUT2D eigenvalue weighted by Gasteiger charge is 2.30. The highest BCUT2D eigenvalue weighted by atomic mass is 32.2. The Morgan fingerprint density at radius 1 is 1.00 bits per heavy atom. The number of nitrogens with one attached hydrogen (secondary N) is 1. The molecule has 0 radical (unpaired) electrons. The van der Waals surface area contributed by atoms with E-state index in [9.17, 15) is 23.3 Å². The number of amides is 2. The van der Waals surface area contributed by atoms with E-state index in [1.165, 1.54) is 16.4 Å². The van der Waals surface area contributed by atoms with E-state index in [1.54, 1.807) is 29.2 Å². The van der Waals surface area contributed by atoms with Crippen LogP contribution in [0.2, 0.25) is 0 Å². The Bertz CT molecular complexity index is 1200. The van der Waals surface area contributed by atoms with Crippen molar-refractivity contribution in [2.24, 2.45) is 0 Å². The van der Waals surface area contributed by atoms with E-state index in [-0.39, 0.29) is 28.7 Å². The molecule has 2 aromatic carbocycles. The van der Waals surface area contributed by atoms with Gasteiger partial charge >= 0.3 is 0 Å². The van der Waals surface area contributed by atoms with Gasteiger partial charge in [0, 0.05) is 63.5 Å². The van der Waals surface area contributed by atoms with Crippen molar-refractivity contribution in [2.75, 3.05) is 49.5 Å². The van der Waals surface area contributed by atoms with Crippen LogP contribution in [0.4, 0.5) is 11.4 Å². The van der Waals surface area contributed by atoms with Gasteiger partial charge in [0.05, 0.1) is 10.5 Å². The zero-order valence-electron chi connectivity index (χ0n) is 18.8. The third-order valence-electron chi connectivity index (χ3n) is 6.15. The minimum Gasteiger partial charge on any atom is -0.326 e. The molecule has 34 heavy (non-hydrogen) atoms. The van der Waals surface area contributed by atoms with Crippen molar-refractivity contribution in [3.63, 3.8) is 0 Å². The van der Waals surface area contributed by atoms with Crippen LogP contribution in [-0.2, 0) is 19.6 Å². The van der Waals surface area contributed by atoms with Crippen molar-refractivity contribution in [3.05, 3.63) is 54.1 Å². The van der Waals surface area contributed by atoms with Gasteiger partial charge in [0.1, 0.15) is 6.07 Å². The Hall–Kier alpha value is -3.26. The summed E-state index contributed by atoms with van der Waals surface area (Å²) in [5.74, 6) is 0.00181. The van der Waals surface area contributed by atoms with Gasteiger partial charge in [-0.3, -0.25) is 9.59 Å². The van der Waals surface area contributed by atoms with Gasteiger partial charge in [-0.2, -0.15) is 9.57 Å². The van der Waals surface area contributed by atoms with Crippen LogP contribution in [-0.4, -0.2) is 68.7 Å². The minimum absolute atomic E-state index is 0.0328. The fourth-order valence-electron chi connectivity index (χ4n) is 4.25. The monoisotopic (exact) mass is 481 g/mol. The molecule has 0 bridgehead atoms. The normalized spacial score (nSPS) is 17.5. The molecule has 0 aliphatic carbocycles. The average Bonchev–Trinajstić information content (AvgIpc) is 3.29. The first-order chi connectivity index (χ1) is 16.4. The number of sulfonamides is 1. The van der Waals surface area contributed by atoms with Gasteiger partial charge in [0.15, 0.2) is 0 Å². The zero-order valence-corrected chi connectivity index (χ0v) is 19.6. The first kappa shape index (κ1) is 23.9. The molecule has 178 valence electrons. The minimum atomic E-state index is -3.73. The van der Waals surface area contributed by atoms with E-state index in [2.05, 4.69) is 10.2 Å². The summed E-state index contributed by atoms with van der Waals surface area (Å²) in [4.78, 5) is 28.1. The van der Waals surface area contributed by atoms with Gasteiger partial charge in [-0.25, -0.2) is 8.42 Å². The molecule has 2 saturated heterocycles. The summed E-state index contributed by atoms with van der Waals surface area (Å²) in [6.45, 7) is 2.89. The van der Waals surface area contributed by atoms with Crippen LogP contribution in [0.5, 0.6) is 0 Å². The Kier molecular flexibility index (Phi) is 7.26. The number of nitriles is 1. The van der Waals surface area contributed by atoms with Crippen molar-refractivity contribution in [3.8, 4) is 6.07 Å². The second-order valence-electron chi connectivity index (χ2n) is 8.35. The van der Waals surface area contributed by atoms with E-state index < -0.39 is 10.0 Å². The standard InChI is InChI=1S/C24H27N5O4S/c25-18-19-4-1-2-5-22(19)34(32,33)28-16-14-27(15-17-28)13-11-23(30)26-20-7-9-21(10-8-20)29-12-3-6-24(29)31/h1-2,4-5,7-10H,3,6,11-17H2,(H,26,30). The molecule has 2 aliphatic rings. The highest BCUT2D eigenvalue weighted by Crippen LogP contribution is 2.23. The second-order valence-corrected chi connectivity index (χ2v) is 10.3. The summed E-state index contributed by atoms with van der Waals surface area (Å²) in [5, 5.41) is 12.1. The lowest BCUT2D eigenvalue weighted by Crippen LogP contribution is -2.49. The fourth-order valence-corrected chi connectivity index (χ4v) is 5.81. The summed E-state index contributed by atoms with van der Waals surface area (Å²) < 4.78 is 27.3. The van der Waals surface area contributed by atoms with Gasteiger partial charge in [-0.05, 0) is 42.8 Å². The van der Waals surface area contributed by atoms with Gasteiger partial charge in [0.2, 0.25) is 21.8 Å². The van der Waals surface area contributed by atoms with Gasteiger partial charge < -0.3 is 15.1 Å². The van der Waals surface area contributed by atoms with Crippen LogP contribution in [0.3, 0.4) is 0 Å². The molecule has 1 N–H and O–H groups in total. The zero-order chi connectivity index (χ0) is 24.1. The number of benzene rings is 2. The predicted molar refractivity (Wildman–Crippen MR) is 128 cm³/mol. The van der Waals surface area contributed by atoms with Gasteiger partial charge in [0.25, 0.3) is 0 Å².